The summed E-state index contributed by atoms with van der Waals surface area (Å²) in [4.78, 5) is 0. The minimum absolute atomic E-state index is 0. The number of hydrogen-bond donors (Lipinski definition) is 2. The van der Waals surface area contributed by atoms with Crippen LogP contribution in [0, 0.1) is 0 Å². The van der Waals surface area contributed by atoms with Crippen LogP contribution < -0.4 is 5.73 Å². The lowest BCUT2D eigenvalue weighted by atomic mass is 10.1. The van der Waals surface area contributed by atoms with E-state index >= 15 is 0 Å². The van der Waals surface area contributed by atoms with Gasteiger partial charge in [0.2, 0.25) is 0 Å². The zero-order valence-electron chi connectivity index (χ0n) is 7.71. The number of benzene rings is 1. The number of aliphatic hydroxyl groups is 1. The van der Waals surface area contributed by atoms with E-state index in [4.69, 9.17) is 45.6 Å². The number of rotatable bonds is 3. The third kappa shape index (κ3) is 3.99. The van der Waals surface area contributed by atoms with Crippen LogP contribution in [0.5, 0.6) is 0 Å². The van der Waals surface area contributed by atoms with Gasteiger partial charge in [-0.15, -0.1) is 12.4 Å². The Morgan fingerprint density at radius 3 is 2.27 bits per heavy atom. The van der Waals surface area contributed by atoms with Crippen LogP contribution in [0.3, 0.4) is 0 Å². The zero-order chi connectivity index (χ0) is 10.7. The molecule has 0 saturated heterocycles. The average Bonchev–Trinajstić information content (AvgIpc) is 2.18. The molecule has 0 aliphatic carbocycles. The smallest absolute Gasteiger partial charge is 0.0639 e. The van der Waals surface area contributed by atoms with Gasteiger partial charge in [-0.25, -0.2) is 0 Å². The predicted octanol–water partition coefficient (Wildman–Crippen LogP) is 2.93. The van der Waals surface area contributed by atoms with E-state index in [9.17, 15) is 0 Å². The summed E-state index contributed by atoms with van der Waals surface area (Å²) in [5.41, 5.74) is 6.27. The molecule has 3 N–H and O–H groups in total. The standard InChI is InChI=1S/C9H10Cl3NO.ClH/c10-7-1-2-8(11)9(12)6(7)3-5(13)4-14;/h1-2,5,14H,3-4,13H2;1H. The van der Waals surface area contributed by atoms with Gasteiger partial charge in [0.25, 0.3) is 0 Å². The molecule has 1 aromatic rings. The Bertz CT molecular complexity index is 332. The van der Waals surface area contributed by atoms with Crippen molar-refractivity contribution < 1.29 is 5.11 Å². The lowest BCUT2D eigenvalue weighted by molar-refractivity contribution is 0.265. The van der Waals surface area contributed by atoms with Crippen LogP contribution in [-0.2, 0) is 6.42 Å². The summed E-state index contributed by atoms with van der Waals surface area (Å²) in [5, 5.41) is 10.2. The van der Waals surface area contributed by atoms with Crippen molar-refractivity contribution in [2.24, 2.45) is 5.73 Å². The number of halogens is 4. The molecule has 0 heterocycles. The second-order valence-corrected chi connectivity index (χ2v) is 4.16. The molecule has 0 amide bonds. The van der Waals surface area contributed by atoms with Gasteiger partial charge in [-0.05, 0) is 24.1 Å². The van der Waals surface area contributed by atoms with E-state index in [1.165, 1.54) is 0 Å². The molecule has 0 bridgehead atoms. The zero-order valence-corrected chi connectivity index (χ0v) is 10.8. The van der Waals surface area contributed by atoms with E-state index < -0.39 is 0 Å². The minimum Gasteiger partial charge on any atom is -0.395 e. The van der Waals surface area contributed by atoms with Crippen LogP contribution in [0.2, 0.25) is 15.1 Å². The molecule has 0 spiro atoms. The summed E-state index contributed by atoms with van der Waals surface area (Å²) in [6.45, 7) is -0.112. The number of nitrogens with two attached hydrogens (primary N) is 1. The maximum Gasteiger partial charge on any atom is 0.0639 e. The molecular weight excluding hydrogens is 280 g/mol. The van der Waals surface area contributed by atoms with Gasteiger partial charge in [0, 0.05) is 11.1 Å². The highest BCUT2D eigenvalue weighted by molar-refractivity contribution is 6.44. The minimum atomic E-state index is -0.372. The summed E-state index contributed by atoms with van der Waals surface area (Å²) in [6, 6.07) is 2.92. The van der Waals surface area contributed by atoms with Gasteiger partial charge >= 0.3 is 0 Å². The second-order valence-electron chi connectivity index (χ2n) is 2.97. The van der Waals surface area contributed by atoms with Gasteiger partial charge < -0.3 is 10.8 Å². The van der Waals surface area contributed by atoms with Gasteiger partial charge in [0.05, 0.1) is 16.7 Å². The van der Waals surface area contributed by atoms with Crippen LogP contribution in [0.15, 0.2) is 12.1 Å². The molecule has 86 valence electrons. The normalized spacial score (nSPS) is 12.1. The second kappa shape index (κ2) is 6.79. The Morgan fingerprint density at radius 2 is 1.73 bits per heavy atom. The molecule has 6 heteroatoms. The van der Waals surface area contributed by atoms with Crippen molar-refractivity contribution in [3.63, 3.8) is 0 Å². The first-order valence-corrected chi connectivity index (χ1v) is 5.18. The summed E-state index contributed by atoms with van der Waals surface area (Å²) in [6.07, 6.45) is 0.411. The molecule has 0 aliphatic heterocycles. The largest absolute Gasteiger partial charge is 0.395 e. The van der Waals surface area contributed by atoms with Gasteiger partial charge in [0.1, 0.15) is 0 Å². The summed E-state index contributed by atoms with van der Waals surface area (Å²) in [5.74, 6) is 0. The molecule has 0 fully saturated rings. The van der Waals surface area contributed by atoms with E-state index in [2.05, 4.69) is 0 Å². The fourth-order valence-electron chi connectivity index (χ4n) is 1.08. The Kier molecular flexibility index (Phi) is 6.93. The van der Waals surface area contributed by atoms with Gasteiger partial charge in [-0.1, -0.05) is 34.8 Å². The first kappa shape index (κ1) is 15.3. The highest BCUT2D eigenvalue weighted by atomic mass is 35.5. The van der Waals surface area contributed by atoms with Gasteiger partial charge in [0.15, 0.2) is 0 Å². The van der Waals surface area contributed by atoms with E-state index in [-0.39, 0.29) is 25.1 Å². The molecule has 1 aromatic carbocycles. The Morgan fingerprint density at radius 1 is 1.20 bits per heavy atom. The monoisotopic (exact) mass is 289 g/mol. The molecule has 1 atom stereocenters. The van der Waals surface area contributed by atoms with Crippen LogP contribution >= 0.6 is 47.2 Å². The molecule has 1 unspecified atom stereocenters. The lowest BCUT2D eigenvalue weighted by Crippen LogP contribution is -2.27. The van der Waals surface area contributed by atoms with E-state index in [0.29, 0.717) is 27.1 Å². The SMILES string of the molecule is Cl.NC(CO)Cc1c(Cl)ccc(Cl)c1Cl. The molecule has 1 rings (SSSR count). The van der Waals surface area contributed by atoms with Crippen molar-refractivity contribution in [3.05, 3.63) is 32.8 Å². The Hall–Kier alpha value is 0.300. The average molecular weight is 291 g/mol. The third-order valence-electron chi connectivity index (χ3n) is 1.84. The van der Waals surface area contributed by atoms with Crippen molar-refractivity contribution >= 4 is 47.2 Å². The van der Waals surface area contributed by atoms with E-state index in [0.717, 1.165) is 0 Å². The summed E-state index contributed by atoms with van der Waals surface area (Å²) >= 11 is 17.7. The maximum atomic E-state index is 8.80. The number of hydrogen-bond acceptors (Lipinski definition) is 2. The predicted molar refractivity (Wildman–Crippen MR) is 67.5 cm³/mol. The molecule has 0 radical (unpaired) electrons. The van der Waals surface area contributed by atoms with Crippen molar-refractivity contribution in [3.8, 4) is 0 Å². The fraction of sp³-hybridized carbons (Fsp3) is 0.333. The number of aliphatic hydroxyl groups excluding tert-OH is 1. The first-order chi connectivity index (χ1) is 6.56. The van der Waals surface area contributed by atoms with E-state index in [1.807, 2.05) is 0 Å². The molecule has 15 heavy (non-hydrogen) atoms. The highest BCUT2D eigenvalue weighted by Crippen LogP contribution is 2.31. The molecule has 2 nitrogen and oxygen atoms in total. The summed E-state index contributed by atoms with van der Waals surface area (Å²) < 4.78 is 0. The van der Waals surface area contributed by atoms with Crippen LogP contribution in [-0.4, -0.2) is 17.8 Å². The molecule has 0 saturated carbocycles. The van der Waals surface area contributed by atoms with Crippen LogP contribution in [0.1, 0.15) is 5.56 Å². The van der Waals surface area contributed by atoms with Crippen molar-refractivity contribution in [1.29, 1.82) is 0 Å². The Labute approximate surface area is 110 Å². The molecule has 0 aromatic heterocycles. The molecule has 0 aliphatic rings. The Balaban J connectivity index is 0.00000196. The van der Waals surface area contributed by atoms with Gasteiger partial charge in [-0.2, -0.15) is 0 Å². The van der Waals surface area contributed by atoms with E-state index in [1.54, 1.807) is 12.1 Å². The molecular formula is C9H11Cl4NO. The van der Waals surface area contributed by atoms with Gasteiger partial charge in [-0.3, -0.25) is 0 Å². The quantitative estimate of drug-likeness (QED) is 0.841. The highest BCUT2D eigenvalue weighted by Gasteiger charge is 2.12. The summed E-state index contributed by atoms with van der Waals surface area (Å²) in [7, 11) is 0. The fourth-order valence-corrected chi connectivity index (χ4v) is 1.78. The van der Waals surface area contributed by atoms with Crippen LogP contribution in [0.4, 0.5) is 0 Å². The van der Waals surface area contributed by atoms with Crippen molar-refractivity contribution in [2.75, 3.05) is 6.61 Å². The maximum absolute atomic E-state index is 8.80. The van der Waals surface area contributed by atoms with Crippen molar-refractivity contribution in [2.45, 2.75) is 12.5 Å². The first-order valence-electron chi connectivity index (χ1n) is 4.05. The lowest BCUT2D eigenvalue weighted by Gasteiger charge is -2.12. The van der Waals surface area contributed by atoms with Crippen molar-refractivity contribution in [1.82, 2.24) is 0 Å². The van der Waals surface area contributed by atoms with Crippen LogP contribution in [0.25, 0.3) is 0 Å². The topological polar surface area (TPSA) is 46.2 Å². The third-order valence-corrected chi connectivity index (χ3v) is 3.04.